The molecule has 6 heteroatoms. The van der Waals surface area contributed by atoms with Gasteiger partial charge in [-0.3, -0.25) is 9.69 Å². The fraction of sp³-hybridized carbons (Fsp3) is 0.500. The highest BCUT2D eigenvalue weighted by Crippen LogP contribution is 2.38. The standard InChI is InChI=1S/C20H25N3O3/c1-3-26-18-14(5-4-6-17(18)25-2)11-23-10-9-15-16(12-23)21-19(13-7-8-13)22-20(15)24/h4-6,13H,3,7-12H2,1-2H3,(H,21,22,24). The van der Waals surface area contributed by atoms with Gasteiger partial charge in [0.1, 0.15) is 5.82 Å². The van der Waals surface area contributed by atoms with Gasteiger partial charge >= 0.3 is 0 Å². The van der Waals surface area contributed by atoms with E-state index in [-0.39, 0.29) is 5.56 Å². The largest absolute Gasteiger partial charge is 0.493 e. The van der Waals surface area contributed by atoms with Gasteiger partial charge in [0, 0.05) is 36.7 Å². The number of hydrogen-bond acceptors (Lipinski definition) is 5. The number of ether oxygens (including phenoxy) is 2. The number of methoxy groups -OCH3 is 1. The van der Waals surface area contributed by atoms with Crippen molar-refractivity contribution in [1.29, 1.82) is 0 Å². The third-order valence-electron chi connectivity index (χ3n) is 5.10. The lowest BCUT2D eigenvalue weighted by molar-refractivity contribution is 0.232. The second-order valence-electron chi connectivity index (χ2n) is 6.99. The lowest BCUT2D eigenvalue weighted by Crippen LogP contribution is -2.35. The van der Waals surface area contributed by atoms with Crippen molar-refractivity contribution in [2.75, 3.05) is 20.3 Å². The Morgan fingerprint density at radius 3 is 2.92 bits per heavy atom. The van der Waals surface area contributed by atoms with Crippen LogP contribution in [0, 0.1) is 0 Å². The molecule has 138 valence electrons. The Bertz CT molecular complexity index is 858. The van der Waals surface area contributed by atoms with E-state index in [2.05, 4.69) is 16.0 Å². The Labute approximate surface area is 153 Å². The van der Waals surface area contributed by atoms with Gasteiger partial charge in [0.15, 0.2) is 11.5 Å². The summed E-state index contributed by atoms with van der Waals surface area (Å²) in [4.78, 5) is 22.4. The first-order chi connectivity index (χ1) is 12.7. The van der Waals surface area contributed by atoms with E-state index >= 15 is 0 Å². The summed E-state index contributed by atoms with van der Waals surface area (Å²) in [7, 11) is 1.66. The molecule has 0 spiro atoms. The van der Waals surface area contributed by atoms with E-state index in [1.165, 1.54) is 0 Å². The van der Waals surface area contributed by atoms with E-state index in [1.54, 1.807) is 7.11 Å². The molecule has 26 heavy (non-hydrogen) atoms. The van der Waals surface area contributed by atoms with Crippen molar-refractivity contribution in [2.45, 2.75) is 45.2 Å². The van der Waals surface area contributed by atoms with Crippen molar-refractivity contribution in [3.63, 3.8) is 0 Å². The maximum atomic E-state index is 12.4. The molecule has 1 fully saturated rings. The zero-order valence-corrected chi connectivity index (χ0v) is 15.4. The quantitative estimate of drug-likeness (QED) is 0.863. The molecule has 0 bridgehead atoms. The SMILES string of the molecule is CCOc1c(CN2CCc3c(nc(C4CC4)[nH]c3=O)C2)cccc1OC. The molecular formula is C20H25N3O3. The molecule has 1 aliphatic carbocycles. The van der Waals surface area contributed by atoms with Crippen LogP contribution in [0.3, 0.4) is 0 Å². The fourth-order valence-electron chi connectivity index (χ4n) is 3.59. The Hall–Kier alpha value is -2.34. The number of hydrogen-bond donors (Lipinski definition) is 1. The number of aromatic nitrogens is 2. The van der Waals surface area contributed by atoms with Crippen molar-refractivity contribution >= 4 is 0 Å². The predicted molar refractivity (Wildman–Crippen MR) is 98.8 cm³/mol. The highest BCUT2D eigenvalue weighted by Gasteiger charge is 2.29. The molecule has 1 aromatic carbocycles. The van der Waals surface area contributed by atoms with E-state index in [0.717, 1.165) is 66.5 Å². The van der Waals surface area contributed by atoms with Crippen LogP contribution in [0.2, 0.25) is 0 Å². The maximum Gasteiger partial charge on any atom is 0.254 e. The van der Waals surface area contributed by atoms with Crippen molar-refractivity contribution in [3.05, 3.63) is 51.2 Å². The first-order valence-corrected chi connectivity index (χ1v) is 9.32. The first-order valence-electron chi connectivity index (χ1n) is 9.32. The summed E-state index contributed by atoms with van der Waals surface area (Å²) >= 11 is 0. The normalized spacial score (nSPS) is 17.0. The van der Waals surface area contributed by atoms with Crippen LogP contribution in [0.15, 0.2) is 23.0 Å². The summed E-state index contributed by atoms with van der Waals surface area (Å²) in [5, 5.41) is 0. The molecule has 6 nitrogen and oxygen atoms in total. The van der Waals surface area contributed by atoms with E-state index < -0.39 is 0 Å². The zero-order valence-electron chi connectivity index (χ0n) is 15.4. The van der Waals surface area contributed by atoms with E-state index in [4.69, 9.17) is 14.5 Å². The highest BCUT2D eigenvalue weighted by atomic mass is 16.5. The van der Waals surface area contributed by atoms with Crippen LogP contribution in [0.4, 0.5) is 0 Å². The van der Waals surface area contributed by atoms with Crippen LogP contribution in [0.5, 0.6) is 11.5 Å². The lowest BCUT2D eigenvalue weighted by atomic mass is 10.0. The van der Waals surface area contributed by atoms with E-state index in [9.17, 15) is 4.79 Å². The summed E-state index contributed by atoms with van der Waals surface area (Å²) in [6.07, 6.45) is 3.00. The first kappa shape index (κ1) is 17.1. The van der Waals surface area contributed by atoms with Crippen molar-refractivity contribution in [2.24, 2.45) is 0 Å². The molecular weight excluding hydrogens is 330 g/mol. The van der Waals surface area contributed by atoms with Crippen molar-refractivity contribution < 1.29 is 9.47 Å². The highest BCUT2D eigenvalue weighted by molar-refractivity contribution is 5.46. The summed E-state index contributed by atoms with van der Waals surface area (Å²) in [6, 6.07) is 5.98. The van der Waals surface area contributed by atoms with Gasteiger partial charge in [0.2, 0.25) is 0 Å². The number of H-pyrrole nitrogens is 1. The van der Waals surface area contributed by atoms with Gasteiger partial charge in [0.05, 0.1) is 19.4 Å². The second kappa shape index (κ2) is 7.11. The molecule has 0 saturated heterocycles. The molecule has 1 N–H and O–H groups in total. The molecule has 0 unspecified atom stereocenters. The van der Waals surface area contributed by atoms with Crippen LogP contribution >= 0.6 is 0 Å². The summed E-state index contributed by atoms with van der Waals surface area (Å²) in [5.74, 6) is 2.88. The third kappa shape index (κ3) is 3.33. The minimum absolute atomic E-state index is 0.0490. The molecule has 4 rings (SSSR count). The van der Waals surface area contributed by atoms with Crippen LogP contribution in [-0.2, 0) is 19.5 Å². The minimum Gasteiger partial charge on any atom is -0.493 e. The van der Waals surface area contributed by atoms with Gasteiger partial charge in [0.25, 0.3) is 5.56 Å². The Morgan fingerprint density at radius 2 is 2.19 bits per heavy atom. The topological polar surface area (TPSA) is 67.5 Å². The molecule has 0 atom stereocenters. The molecule has 2 aromatic rings. The second-order valence-corrected chi connectivity index (χ2v) is 6.99. The third-order valence-corrected chi connectivity index (χ3v) is 5.10. The van der Waals surface area contributed by atoms with Gasteiger partial charge in [-0.1, -0.05) is 12.1 Å². The number of nitrogens with one attached hydrogen (secondary N) is 1. The maximum absolute atomic E-state index is 12.4. The molecule has 1 saturated carbocycles. The summed E-state index contributed by atoms with van der Waals surface area (Å²) < 4.78 is 11.3. The minimum atomic E-state index is 0.0490. The predicted octanol–water partition coefficient (Wildman–Crippen LogP) is 2.61. The molecule has 1 aromatic heterocycles. The fourth-order valence-corrected chi connectivity index (χ4v) is 3.59. The van der Waals surface area contributed by atoms with Gasteiger partial charge in [-0.2, -0.15) is 0 Å². The average molecular weight is 355 g/mol. The number of rotatable bonds is 6. The number of fused-ring (bicyclic) bond motifs is 1. The Morgan fingerprint density at radius 1 is 1.35 bits per heavy atom. The van der Waals surface area contributed by atoms with Crippen LogP contribution in [0.1, 0.15) is 48.3 Å². The lowest BCUT2D eigenvalue weighted by Gasteiger charge is -2.28. The molecule has 2 aliphatic rings. The van der Waals surface area contributed by atoms with Crippen LogP contribution < -0.4 is 15.0 Å². The number of aromatic amines is 1. The van der Waals surface area contributed by atoms with Gasteiger partial charge < -0.3 is 14.5 Å². The van der Waals surface area contributed by atoms with Gasteiger partial charge in [-0.25, -0.2) is 4.98 Å². The number of para-hydroxylation sites is 1. The zero-order chi connectivity index (χ0) is 18.1. The number of benzene rings is 1. The smallest absolute Gasteiger partial charge is 0.254 e. The average Bonchev–Trinajstić information content (AvgIpc) is 3.48. The van der Waals surface area contributed by atoms with Gasteiger partial charge in [-0.05, 0) is 32.3 Å². The van der Waals surface area contributed by atoms with Crippen molar-refractivity contribution in [1.82, 2.24) is 14.9 Å². The molecule has 1 aliphatic heterocycles. The van der Waals surface area contributed by atoms with Crippen LogP contribution in [-0.4, -0.2) is 35.1 Å². The molecule has 0 amide bonds. The van der Waals surface area contributed by atoms with Crippen molar-refractivity contribution in [3.8, 4) is 11.5 Å². The molecule has 0 radical (unpaired) electrons. The Balaban J connectivity index is 1.57. The van der Waals surface area contributed by atoms with Gasteiger partial charge in [-0.15, -0.1) is 0 Å². The van der Waals surface area contributed by atoms with Crippen LogP contribution in [0.25, 0.3) is 0 Å². The number of nitrogens with zero attached hydrogens (tertiary/aromatic N) is 2. The molecule has 2 heterocycles. The monoisotopic (exact) mass is 355 g/mol. The summed E-state index contributed by atoms with van der Waals surface area (Å²) in [5.41, 5.74) is 2.93. The van der Waals surface area contributed by atoms with E-state index in [0.29, 0.717) is 19.1 Å². The Kier molecular flexibility index (Phi) is 4.68. The van der Waals surface area contributed by atoms with E-state index in [1.807, 2.05) is 19.1 Å². The summed E-state index contributed by atoms with van der Waals surface area (Å²) in [6.45, 7) is 4.85.